The van der Waals surface area contributed by atoms with Gasteiger partial charge in [-0.1, -0.05) is 12.1 Å². The van der Waals surface area contributed by atoms with Crippen LogP contribution < -0.4 is 9.64 Å². The number of carbonyl (C=O) groups is 1. The Morgan fingerprint density at radius 2 is 2.12 bits per heavy atom. The van der Waals surface area contributed by atoms with Crippen LogP contribution in [0.1, 0.15) is 19.3 Å². The molecular formula is C20H25N3O3. The van der Waals surface area contributed by atoms with Crippen molar-refractivity contribution in [2.75, 3.05) is 44.8 Å². The molecule has 0 saturated carbocycles. The quantitative estimate of drug-likeness (QED) is 0.909. The molecule has 2 aliphatic heterocycles. The topological polar surface area (TPSA) is 65.9 Å². The van der Waals surface area contributed by atoms with Crippen LogP contribution in [0.3, 0.4) is 0 Å². The number of anilines is 1. The van der Waals surface area contributed by atoms with Gasteiger partial charge in [0, 0.05) is 31.6 Å². The van der Waals surface area contributed by atoms with Crippen LogP contribution in [-0.2, 0) is 4.79 Å². The number of β-amino-alcohol motifs (C(OH)–C–C–N with tert-alkyl or cyclic N) is 1. The first kappa shape index (κ1) is 17.1. The van der Waals surface area contributed by atoms with Crippen LogP contribution >= 0.6 is 0 Å². The number of pyridine rings is 1. The van der Waals surface area contributed by atoms with Gasteiger partial charge in [-0.3, -0.25) is 4.79 Å². The lowest BCUT2D eigenvalue weighted by atomic mass is 9.78. The van der Waals surface area contributed by atoms with Crippen molar-refractivity contribution in [1.82, 2.24) is 9.88 Å². The molecule has 6 nitrogen and oxygen atoms in total. The van der Waals surface area contributed by atoms with Crippen LogP contribution in [0.4, 0.5) is 5.82 Å². The Morgan fingerprint density at radius 1 is 1.23 bits per heavy atom. The molecule has 0 aliphatic carbocycles. The maximum Gasteiger partial charge on any atom is 0.230 e. The highest BCUT2D eigenvalue weighted by molar-refractivity contribution is 5.87. The zero-order valence-electron chi connectivity index (χ0n) is 15.1. The number of aliphatic hydroxyl groups is 1. The summed E-state index contributed by atoms with van der Waals surface area (Å²) in [6.07, 6.45) is 2.76. The van der Waals surface area contributed by atoms with Crippen molar-refractivity contribution in [3.63, 3.8) is 0 Å². The molecule has 2 aliphatic rings. The normalized spacial score (nSPS) is 23.2. The van der Waals surface area contributed by atoms with E-state index in [0.29, 0.717) is 13.1 Å². The Kier molecular flexibility index (Phi) is 4.44. The molecule has 4 rings (SSSR count). The summed E-state index contributed by atoms with van der Waals surface area (Å²) >= 11 is 0. The highest BCUT2D eigenvalue weighted by Crippen LogP contribution is 2.41. The standard InChI is InChI=1S/C20H25N3O3/c1-26-16-5-2-4-15-6-7-17(21-18(15)16)23-11-9-20(14-23)8-3-10-22(12-13-24)19(20)25/h2,4-7,24H,3,8-14H2,1H3/t20-/m1/s1. The molecule has 1 aromatic heterocycles. The number of para-hydroxylation sites is 1. The highest BCUT2D eigenvalue weighted by Gasteiger charge is 2.48. The summed E-state index contributed by atoms with van der Waals surface area (Å²) in [5.74, 6) is 1.85. The molecule has 2 saturated heterocycles. The Bertz CT molecular complexity index is 823. The fourth-order valence-electron chi connectivity index (χ4n) is 4.38. The second kappa shape index (κ2) is 6.76. The van der Waals surface area contributed by atoms with Crippen molar-refractivity contribution in [3.8, 4) is 5.75 Å². The van der Waals surface area contributed by atoms with Crippen molar-refractivity contribution < 1.29 is 14.6 Å². The molecule has 2 fully saturated rings. The second-order valence-electron chi connectivity index (χ2n) is 7.27. The van der Waals surface area contributed by atoms with Crippen LogP contribution in [0.2, 0.25) is 0 Å². The van der Waals surface area contributed by atoms with Crippen molar-refractivity contribution in [1.29, 1.82) is 0 Å². The lowest BCUT2D eigenvalue weighted by molar-refractivity contribution is -0.145. The third-order valence-electron chi connectivity index (χ3n) is 5.76. The fourth-order valence-corrected chi connectivity index (χ4v) is 4.38. The van der Waals surface area contributed by atoms with E-state index in [1.54, 1.807) is 7.11 Å². The highest BCUT2D eigenvalue weighted by atomic mass is 16.5. The van der Waals surface area contributed by atoms with Crippen molar-refractivity contribution in [2.45, 2.75) is 19.3 Å². The number of aromatic nitrogens is 1. The summed E-state index contributed by atoms with van der Waals surface area (Å²) in [5.41, 5.74) is 0.524. The van der Waals surface area contributed by atoms with E-state index in [1.807, 2.05) is 29.2 Å². The smallest absolute Gasteiger partial charge is 0.230 e. The van der Waals surface area contributed by atoms with Crippen molar-refractivity contribution in [2.24, 2.45) is 5.41 Å². The van der Waals surface area contributed by atoms with Crippen molar-refractivity contribution in [3.05, 3.63) is 30.3 Å². The molecule has 26 heavy (non-hydrogen) atoms. The molecule has 0 unspecified atom stereocenters. The molecule has 1 aromatic carbocycles. The first-order chi connectivity index (χ1) is 12.7. The average Bonchev–Trinajstić information content (AvgIpc) is 3.10. The number of amides is 1. The van der Waals surface area contributed by atoms with E-state index in [0.717, 1.165) is 54.8 Å². The number of hydrogen-bond donors (Lipinski definition) is 1. The average molecular weight is 355 g/mol. The van der Waals surface area contributed by atoms with Gasteiger partial charge in [0.1, 0.15) is 17.1 Å². The number of nitrogens with zero attached hydrogens (tertiary/aromatic N) is 3. The summed E-state index contributed by atoms with van der Waals surface area (Å²) < 4.78 is 5.45. The number of piperidine rings is 1. The molecule has 1 spiro atoms. The van der Waals surface area contributed by atoms with E-state index in [1.165, 1.54) is 0 Å². The number of fused-ring (bicyclic) bond motifs is 1. The number of rotatable bonds is 4. The van der Waals surface area contributed by atoms with Crippen LogP contribution in [0, 0.1) is 5.41 Å². The molecule has 138 valence electrons. The van der Waals surface area contributed by atoms with Gasteiger partial charge in [0.05, 0.1) is 19.1 Å². The zero-order valence-corrected chi connectivity index (χ0v) is 15.1. The Hall–Kier alpha value is -2.34. The Labute approximate surface area is 153 Å². The van der Waals surface area contributed by atoms with Gasteiger partial charge in [0.25, 0.3) is 0 Å². The number of benzene rings is 1. The van der Waals surface area contributed by atoms with E-state index in [-0.39, 0.29) is 17.9 Å². The van der Waals surface area contributed by atoms with Crippen LogP contribution in [0.25, 0.3) is 10.9 Å². The van der Waals surface area contributed by atoms with E-state index in [2.05, 4.69) is 11.0 Å². The molecule has 1 amide bonds. The largest absolute Gasteiger partial charge is 0.494 e. The molecule has 2 aromatic rings. The molecular weight excluding hydrogens is 330 g/mol. The van der Waals surface area contributed by atoms with Gasteiger partial charge >= 0.3 is 0 Å². The molecule has 1 N–H and O–H groups in total. The van der Waals surface area contributed by atoms with Gasteiger partial charge < -0.3 is 19.6 Å². The minimum atomic E-state index is -0.329. The van der Waals surface area contributed by atoms with E-state index in [9.17, 15) is 9.90 Å². The summed E-state index contributed by atoms with van der Waals surface area (Å²) in [5, 5.41) is 10.3. The number of hydrogen-bond acceptors (Lipinski definition) is 5. The number of likely N-dealkylation sites (tertiary alicyclic amines) is 1. The maximum absolute atomic E-state index is 13.0. The monoisotopic (exact) mass is 355 g/mol. The minimum absolute atomic E-state index is 0.0254. The third kappa shape index (κ3) is 2.78. The van der Waals surface area contributed by atoms with E-state index >= 15 is 0 Å². The summed E-state index contributed by atoms with van der Waals surface area (Å²) in [7, 11) is 1.66. The van der Waals surface area contributed by atoms with Gasteiger partial charge in [0.2, 0.25) is 5.91 Å². The minimum Gasteiger partial charge on any atom is -0.494 e. The van der Waals surface area contributed by atoms with Gasteiger partial charge in [-0.15, -0.1) is 0 Å². The Morgan fingerprint density at radius 3 is 2.92 bits per heavy atom. The second-order valence-corrected chi connectivity index (χ2v) is 7.27. The SMILES string of the molecule is COc1cccc2ccc(N3CC[C@]4(CCCN(CCO)C4=O)C3)nc12. The van der Waals surface area contributed by atoms with Gasteiger partial charge in [-0.25, -0.2) is 4.98 Å². The van der Waals surface area contributed by atoms with E-state index in [4.69, 9.17) is 9.72 Å². The molecule has 3 heterocycles. The molecule has 6 heteroatoms. The number of carbonyl (C=O) groups excluding carboxylic acids is 1. The van der Waals surface area contributed by atoms with Crippen LogP contribution in [0.5, 0.6) is 5.75 Å². The molecule has 1 atom stereocenters. The summed E-state index contributed by atoms with van der Waals surface area (Å²) in [4.78, 5) is 21.8. The van der Waals surface area contributed by atoms with E-state index < -0.39 is 0 Å². The fraction of sp³-hybridized carbons (Fsp3) is 0.500. The summed E-state index contributed by atoms with van der Waals surface area (Å²) in [6, 6.07) is 9.99. The maximum atomic E-state index is 13.0. The first-order valence-corrected chi connectivity index (χ1v) is 9.26. The van der Waals surface area contributed by atoms with Crippen LogP contribution in [-0.4, -0.2) is 60.8 Å². The lowest BCUT2D eigenvalue weighted by Gasteiger charge is -2.39. The predicted octanol–water partition coefficient (Wildman–Crippen LogP) is 2.05. The predicted molar refractivity (Wildman–Crippen MR) is 100 cm³/mol. The van der Waals surface area contributed by atoms with Gasteiger partial charge in [-0.05, 0) is 37.5 Å². The molecule has 0 radical (unpaired) electrons. The summed E-state index contributed by atoms with van der Waals surface area (Å²) in [6.45, 7) is 2.74. The number of aliphatic hydroxyl groups excluding tert-OH is 1. The number of methoxy groups -OCH3 is 1. The Balaban J connectivity index is 1.60. The lowest BCUT2D eigenvalue weighted by Crippen LogP contribution is -2.50. The first-order valence-electron chi connectivity index (χ1n) is 9.26. The third-order valence-corrected chi connectivity index (χ3v) is 5.76. The zero-order chi connectivity index (χ0) is 18.1. The van der Waals surface area contributed by atoms with Gasteiger partial charge in [-0.2, -0.15) is 0 Å². The van der Waals surface area contributed by atoms with Crippen LogP contribution in [0.15, 0.2) is 30.3 Å². The van der Waals surface area contributed by atoms with Crippen molar-refractivity contribution >= 4 is 22.6 Å². The molecule has 0 bridgehead atoms. The number of ether oxygens (including phenoxy) is 1. The van der Waals surface area contributed by atoms with Gasteiger partial charge in [0.15, 0.2) is 0 Å².